The van der Waals surface area contributed by atoms with Gasteiger partial charge in [0.1, 0.15) is 0 Å². The average molecular weight is 220 g/mol. The summed E-state index contributed by atoms with van der Waals surface area (Å²) in [5.41, 5.74) is 2.52. The lowest BCUT2D eigenvalue weighted by molar-refractivity contribution is 0.288. The van der Waals surface area contributed by atoms with Crippen LogP contribution in [0.2, 0.25) is 0 Å². The molecule has 16 heavy (non-hydrogen) atoms. The van der Waals surface area contributed by atoms with Gasteiger partial charge in [0.2, 0.25) is 0 Å². The molecule has 1 aliphatic rings. The monoisotopic (exact) mass is 220 g/mol. The molecule has 1 heterocycles. The molecule has 0 aromatic heterocycles. The largest absolute Gasteiger partial charge is 0.396 e. The molecular weight excluding hydrogens is 200 g/mol. The van der Waals surface area contributed by atoms with E-state index in [1.807, 2.05) is 0 Å². The minimum atomic E-state index is 0.0871. The van der Waals surface area contributed by atoms with Crippen molar-refractivity contribution in [3.05, 3.63) is 24.3 Å². The number of anilines is 2. The van der Waals surface area contributed by atoms with Crippen molar-refractivity contribution in [3.63, 3.8) is 0 Å². The van der Waals surface area contributed by atoms with E-state index in [-0.39, 0.29) is 12.1 Å². The van der Waals surface area contributed by atoms with Crippen LogP contribution in [-0.2, 0) is 0 Å². The van der Waals surface area contributed by atoms with Crippen LogP contribution in [0.15, 0.2) is 24.3 Å². The second-order valence-corrected chi connectivity index (χ2v) is 5.02. The lowest BCUT2D eigenvalue weighted by atomic mass is 9.99. The lowest BCUT2D eigenvalue weighted by Gasteiger charge is -2.42. The predicted molar refractivity (Wildman–Crippen MR) is 68.1 cm³/mol. The highest BCUT2D eigenvalue weighted by atomic mass is 16.3. The molecule has 0 saturated heterocycles. The van der Waals surface area contributed by atoms with E-state index in [2.05, 4.69) is 48.3 Å². The van der Waals surface area contributed by atoms with Crippen molar-refractivity contribution in [3.8, 4) is 0 Å². The first-order valence-corrected chi connectivity index (χ1v) is 5.85. The summed E-state index contributed by atoms with van der Waals surface area (Å²) in [5.74, 6) is 0. The third kappa shape index (κ3) is 2.30. The normalized spacial score (nSPS) is 17.8. The van der Waals surface area contributed by atoms with Crippen LogP contribution in [0.3, 0.4) is 0 Å². The fraction of sp³-hybridized carbons (Fsp3) is 0.538. The molecule has 0 radical (unpaired) electrons. The van der Waals surface area contributed by atoms with Gasteiger partial charge in [-0.05, 0) is 32.4 Å². The Bertz CT molecular complexity index is 363. The number of aliphatic hydroxyl groups is 1. The number of benzene rings is 1. The first-order valence-electron chi connectivity index (χ1n) is 5.85. The molecule has 0 saturated carbocycles. The second kappa shape index (κ2) is 4.34. The summed E-state index contributed by atoms with van der Waals surface area (Å²) >= 11 is 0. The van der Waals surface area contributed by atoms with Crippen molar-refractivity contribution < 1.29 is 5.11 Å². The Hall–Kier alpha value is -1.22. The Morgan fingerprint density at radius 3 is 2.88 bits per heavy atom. The Kier molecular flexibility index (Phi) is 3.06. The number of rotatable bonds is 3. The van der Waals surface area contributed by atoms with Crippen molar-refractivity contribution in [2.24, 2.45) is 0 Å². The van der Waals surface area contributed by atoms with Gasteiger partial charge in [0.05, 0.1) is 11.4 Å². The molecule has 0 bridgehead atoms. The van der Waals surface area contributed by atoms with Crippen molar-refractivity contribution in [1.82, 2.24) is 0 Å². The molecular formula is C13H20N2O. The highest BCUT2D eigenvalue weighted by Gasteiger charge is 2.28. The van der Waals surface area contributed by atoms with Crippen LogP contribution in [0.1, 0.15) is 20.3 Å². The van der Waals surface area contributed by atoms with Crippen LogP contribution in [0.4, 0.5) is 11.4 Å². The number of aliphatic hydroxyl groups excluding tert-OH is 1. The summed E-state index contributed by atoms with van der Waals surface area (Å²) in [4.78, 5) is 2.35. The molecule has 0 atom stereocenters. The second-order valence-electron chi connectivity index (χ2n) is 5.02. The van der Waals surface area contributed by atoms with Crippen LogP contribution in [0, 0.1) is 0 Å². The number of hydrogen-bond donors (Lipinski definition) is 2. The predicted octanol–water partition coefficient (Wildman–Crippen LogP) is 2.08. The summed E-state index contributed by atoms with van der Waals surface area (Å²) in [7, 11) is 0. The van der Waals surface area contributed by atoms with Crippen LogP contribution in [0.25, 0.3) is 0 Å². The molecule has 0 fully saturated rings. The SMILES string of the molecule is CC1(C)CN(CCCO)c2ccccc2N1. The van der Waals surface area contributed by atoms with E-state index in [1.165, 1.54) is 11.4 Å². The quantitative estimate of drug-likeness (QED) is 0.818. The Balaban J connectivity index is 2.25. The van der Waals surface area contributed by atoms with E-state index in [9.17, 15) is 0 Å². The summed E-state index contributed by atoms with van der Waals surface area (Å²) in [6.45, 7) is 6.55. The Morgan fingerprint density at radius 1 is 1.38 bits per heavy atom. The summed E-state index contributed by atoms with van der Waals surface area (Å²) < 4.78 is 0. The molecule has 3 heteroatoms. The molecule has 0 aliphatic carbocycles. The summed E-state index contributed by atoms with van der Waals surface area (Å²) in [6, 6.07) is 8.36. The molecule has 0 unspecified atom stereocenters. The highest BCUT2D eigenvalue weighted by molar-refractivity contribution is 5.73. The minimum absolute atomic E-state index is 0.0871. The molecule has 1 aromatic carbocycles. The van der Waals surface area contributed by atoms with E-state index < -0.39 is 0 Å². The van der Waals surface area contributed by atoms with Gasteiger partial charge in [-0.1, -0.05) is 12.1 Å². The standard InChI is InChI=1S/C13H20N2O/c1-13(2)10-15(8-5-9-16)12-7-4-3-6-11(12)14-13/h3-4,6-7,14,16H,5,8-10H2,1-2H3. The number of nitrogens with one attached hydrogen (secondary N) is 1. The zero-order valence-electron chi connectivity index (χ0n) is 10.0. The van der Waals surface area contributed by atoms with Crippen molar-refractivity contribution in [1.29, 1.82) is 0 Å². The number of para-hydroxylation sites is 2. The number of nitrogens with zero attached hydrogens (tertiary/aromatic N) is 1. The van der Waals surface area contributed by atoms with Gasteiger partial charge in [-0.15, -0.1) is 0 Å². The third-order valence-electron chi connectivity index (χ3n) is 2.89. The fourth-order valence-electron chi connectivity index (χ4n) is 2.28. The minimum Gasteiger partial charge on any atom is -0.396 e. The summed E-state index contributed by atoms with van der Waals surface area (Å²) in [6.07, 6.45) is 0.824. The first kappa shape index (κ1) is 11.3. The van der Waals surface area contributed by atoms with Crippen molar-refractivity contribution >= 4 is 11.4 Å². The average Bonchev–Trinajstić information content (AvgIpc) is 2.24. The van der Waals surface area contributed by atoms with E-state index in [0.717, 1.165) is 19.5 Å². The van der Waals surface area contributed by atoms with Crippen molar-refractivity contribution in [2.75, 3.05) is 29.9 Å². The van der Waals surface area contributed by atoms with Crippen LogP contribution < -0.4 is 10.2 Å². The number of fused-ring (bicyclic) bond motifs is 1. The molecule has 0 amide bonds. The highest BCUT2D eigenvalue weighted by Crippen LogP contribution is 2.33. The fourth-order valence-corrected chi connectivity index (χ4v) is 2.28. The van der Waals surface area contributed by atoms with E-state index in [0.29, 0.717) is 0 Å². The first-order chi connectivity index (χ1) is 7.62. The zero-order chi connectivity index (χ0) is 11.6. The van der Waals surface area contributed by atoms with E-state index in [1.54, 1.807) is 0 Å². The summed E-state index contributed by atoms with van der Waals surface area (Å²) in [5, 5.41) is 12.5. The Morgan fingerprint density at radius 2 is 2.12 bits per heavy atom. The maximum Gasteiger partial charge on any atom is 0.0603 e. The van der Waals surface area contributed by atoms with Gasteiger partial charge >= 0.3 is 0 Å². The molecule has 88 valence electrons. The smallest absolute Gasteiger partial charge is 0.0603 e. The van der Waals surface area contributed by atoms with Gasteiger partial charge in [-0.3, -0.25) is 0 Å². The number of hydrogen-bond acceptors (Lipinski definition) is 3. The van der Waals surface area contributed by atoms with Gasteiger partial charge in [-0.25, -0.2) is 0 Å². The van der Waals surface area contributed by atoms with Gasteiger partial charge in [0, 0.05) is 25.2 Å². The molecule has 3 nitrogen and oxygen atoms in total. The Labute approximate surface area is 97.1 Å². The van der Waals surface area contributed by atoms with Crippen LogP contribution in [0.5, 0.6) is 0 Å². The van der Waals surface area contributed by atoms with E-state index >= 15 is 0 Å². The molecule has 2 N–H and O–H groups in total. The van der Waals surface area contributed by atoms with Gasteiger partial charge in [0.25, 0.3) is 0 Å². The molecule has 1 aromatic rings. The van der Waals surface area contributed by atoms with Gasteiger partial charge in [0.15, 0.2) is 0 Å². The maximum atomic E-state index is 8.93. The van der Waals surface area contributed by atoms with Crippen LogP contribution >= 0.6 is 0 Å². The zero-order valence-corrected chi connectivity index (χ0v) is 10.0. The molecule has 0 spiro atoms. The van der Waals surface area contributed by atoms with Crippen molar-refractivity contribution in [2.45, 2.75) is 25.8 Å². The maximum absolute atomic E-state index is 8.93. The third-order valence-corrected chi connectivity index (χ3v) is 2.89. The van der Waals surface area contributed by atoms with Gasteiger partial charge in [-0.2, -0.15) is 0 Å². The molecule has 2 rings (SSSR count). The lowest BCUT2D eigenvalue weighted by Crippen LogP contribution is -2.48. The van der Waals surface area contributed by atoms with E-state index in [4.69, 9.17) is 5.11 Å². The van der Waals surface area contributed by atoms with Gasteiger partial charge < -0.3 is 15.3 Å². The topological polar surface area (TPSA) is 35.5 Å². The molecule has 1 aliphatic heterocycles. The van der Waals surface area contributed by atoms with Crippen LogP contribution in [-0.4, -0.2) is 30.3 Å².